The Labute approximate surface area is 210 Å². The van der Waals surface area contributed by atoms with Gasteiger partial charge in [-0.25, -0.2) is 0 Å². The van der Waals surface area contributed by atoms with Crippen LogP contribution in [0, 0.1) is 18.8 Å². The van der Waals surface area contributed by atoms with Gasteiger partial charge in [0.25, 0.3) is 0 Å². The zero-order chi connectivity index (χ0) is 24.8. The average Bonchev–Trinajstić information content (AvgIpc) is 3.22. The Hall–Kier alpha value is -3.28. The molecule has 0 saturated heterocycles. The fraction of sp³-hybridized carbons (Fsp3) is 0.467. The zero-order valence-electron chi connectivity index (χ0n) is 21.0. The van der Waals surface area contributed by atoms with E-state index < -0.39 is 0 Å². The molecule has 1 saturated carbocycles. The van der Waals surface area contributed by atoms with Crippen molar-refractivity contribution in [2.75, 3.05) is 7.11 Å². The van der Waals surface area contributed by atoms with Crippen LogP contribution in [0.25, 0.3) is 22.5 Å². The maximum Gasteiger partial charge on any atom is 0.228 e. The predicted molar refractivity (Wildman–Crippen MR) is 138 cm³/mol. The highest BCUT2D eigenvalue weighted by Gasteiger charge is 2.41. The van der Waals surface area contributed by atoms with E-state index in [1.807, 2.05) is 24.3 Å². The van der Waals surface area contributed by atoms with Crippen molar-refractivity contribution in [1.29, 1.82) is 0 Å². The lowest BCUT2D eigenvalue weighted by atomic mass is 9.63. The Bertz CT molecular complexity index is 1390. The molecule has 3 aromatic rings. The molecular weight excluding hydrogens is 454 g/mol. The standard InChI is InChI=1S/C30H33NO5/c1-17-14-25(32)30-29(35-17)24(28(36-30)18-10-12-21(34-2)13-11-18)16-26(33)31-27-20-7-5-9-23(27)22-8-4-3-6-19(22)15-20/h10-14,20,23,27H,3-9,15-16H2,1-2H3,(H,31,33)/t20?,23?,27-/m0/s1. The number of methoxy groups -OCH3 is 1. The highest BCUT2D eigenvalue weighted by Crippen LogP contribution is 2.48. The molecule has 0 spiro atoms. The van der Waals surface area contributed by atoms with Crippen LogP contribution in [0.3, 0.4) is 0 Å². The fourth-order valence-electron chi connectivity index (χ4n) is 6.81. The quantitative estimate of drug-likeness (QED) is 0.441. The summed E-state index contributed by atoms with van der Waals surface area (Å²) in [6.45, 7) is 1.74. The minimum atomic E-state index is -0.242. The summed E-state index contributed by atoms with van der Waals surface area (Å²) in [6, 6.07) is 9.04. The maximum atomic E-state index is 13.6. The van der Waals surface area contributed by atoms with Crippen LogP contribution in [0.15, 0.2) is 55.1 Å². The van der Waals surface area contributed by atoms with E-state index in [1.165, 1.54) is 51.0 Å². The summed E-state index contributed by atoms with van der Waals surface area (Å²) in [5.41, 5.74) is 4.98. The van der Waals surface area contributed by atoms with Crippen molar-refractivity contribution in [3.05, 3.63) is 63.0 Å². The van der Waals surface area contributed by atoms with Gasteiger partial charge in [0.05, 0.1) is 19.1 Å². The van der Waals surface area contributed by atoms with Crippen molar-refractivity contribution in [3.8, 4) is 17.1 Å². The molecule has 1 N–H and O–H groups in total. The molecule has 2 bridgehead atoms. The molecule has 1 aromatic carbocycles. The minimum absolute atomic E-state index is 0.0432. The number of carbonyl (C=O) groups excluding carboxylic acids is 1. The van der Waals surface area contributed by atoms with Crippen molar-refractivity contribution < 1.29 is 18.4 Å². The first kappa shape index (κ1) is 23.1. The number of aryl methyl sites for hydroxylation is 1. The van der Waals surface area contributed by atoms with Gasteiger partial charge in [-0.3, -0.25) is 9.59 Å². The number of fused-ring (bicyclic) bond motifs is 4. The molecule has 6 rings (SSSR count). The molecule has 0 aliphatic heterocycles. The largest absolute Gasteiger partial charge is 0.497 e. The van der Waals surface area contributed by atoms with Gasteiger partial charge in [-0.15, -0.1) is 0 Å². The summed E-state index contributed by atoms with van der Waals surface area (Å²) in [4.78, 5) is 26.2. The fourth-order valence-corrected chi connectivity index (χ4v) is 6.81. The van der Waals surface area contributed by atoms with E-state index in [2.05, 4.69) is 5.32 Å². The Morgan fingerprint density at radius 1 is 1.06 bits per heavy atom. The first-order valence-corrected chi connectivity index (χ1v) is 13.2. The molecule has 3 aliphatic rings. The summed E-state index contributed by atoms with van der Waals surface area (Å²) < 4.78 is 17.3. The normalized spacial score (nSPS) is 23.4. The third-order valence-corrected chi connectivity index (χ3v) is 8.41. The lowest BCUT2D eigenvalue weighted by Crippen LogP contribution is -2.51. The van der Waals surface area contributed by atoms with Crippen molar-refractivity contribution in [2.24, 2.45) is 11.8 Å². The van der Waals surface area contributed by atoms with Crippen molar-refractivity contribution in [1.82, 2.24) is 5.32 Å². The number of amides is 1. The molecule has 3 aliphatic carbocycles. The van der Waals surface area contributed by atoms with E-state index in [9.17, 15) is 9.59 Å². The second-order valence-electron chi connectivity index (χ2n) is 10.6. The molecule has 1 fully saturated rings. The average molecular weight is 488 g/mol. The summed E-state index contributed by atoms with van der Waals surface area (Å²) in [5.74, 6) is 2.66. The van der Waals surface area contributed by atoms with Gasteiger partial charge in [0.1, 0.15) is 17.3 Å². The lowest BCUT2D eigenvalue weighted by Gasteiger charge is -2.46. The van der Waals surface area contributed by atoms with E-state index in [1.54, 1.807) is 25.2 Å². The van der Waals surface area contributed by atoms with Gasteiger partial charge >= 0.3 is 0 Å². The summed E-state index contributed by atoms with van der Waals surface area (Å²) >= 11 is 0. The topological polar surface area (TPSA) is 81.7 Å². The number of nitrogens with one attached hydrogen (secondary N) is 1. The lowest BCUT2D eigenvalue weighted by molar-refractivity contribution is -0.122. The van der Waals surface area contributed by atoms with E-state index in [0.717, 1.165) is 17.7 Å². The van der Waals surface area contributed by atoms with E-state index in [-0.39, 0.29) is 29.4 Å². The van der Waals surface area contributed by atoms with Crippen molar-refractivity contribution in [2.45, 2.75) is 70.8 Å². The molecule has 6 heteroatoms. The molecule has 2 heterocycles. The SMILES string of the molecule is COc1ccc(-c2oc3c(=O)cc(C)oc3c2CC(=O)N[C@H]2C3CCCC2C2=C(CCCC2)C3)cc1. The van der Waals surface area contributed by atoms with Crippen LogP contribution in [0.4, 0.5) is 0 Å². The smallest absolute Gasteiger partial charge is 0.228 e. The third kappa shape index (κ3) is 4.06. The Kier molecular flexibility index (Phi) is 5.98. The molecule has 2 aromatic heterocycles. The number of ether oxygens (including phenoxy) is 1. The zero-order valence-corrected chi connectivity index (χ0v) is 21.0. The number of benzene rings is 1. The molecule has 6 nitrogen and oxygen atoms in total. The summed E-state index contributed by atoms with van der Waals surface area (Å²) in [5, 5.41) is 3.43. The summed E-state index contributed by atoms with van der Waals surface area (Å²) in [7, 11) is 1.62. The maximum absolute atomic E-state index is 13.6. The van der Waals surface area contributed by atoms with Gasteiger partial charge in [0.15, 0.2) is 5.58 Å². The van der Waals surface area contributed by atoms with Crippen LogP contribution in [0.1, 0.15) is 62.7 Å². The molecular formula is C30H33NO5. The first-order chi connectivity index (χ1) is 17.5. The van der Waals surface area contributed by atoms with Crippen LogP contribution >= 0.6 is 0 Å². The highest BCUT2D eigenvalue weighted by atomic mass is 16.5. The molecule has 3 atom stereocenters. The number of carbonyl (C=O) groups is 1. The Morgan fingerprint density at radius 3 is 2.67 bits per heavy atom. The van der Waals surface area contributed by atoms with Gasteiger partial charge in [-0.2, -0.15) is 0 Å². The van der Waals surface area contributed by atoms with Crippen LogP contribution in [0.5, 0.6) is 5.75 Å². The second-order valence-corrected chi connectivity index (χ2v) is 10.6. The van der Waals surface area contributed by atoms with Crippen LogP contribution in [-0.2, 0) is 11.2 Å². The van der Waals surface area contributed by atoms with Crippen LogP contribution in [-0.4, -0.2) is 19.1 Å². The second kappa shape index (κ2) is 9.30. The minimum Gasteiger partial charge on any atom is -0.497 e. The van der Waals surface area contributed by atoms with Crippen LogP contribution in [0.2, 0.25) is 0 Å². The van der Waals surface area contributed by atoms with Gasteiger partial charge < -0.3 is 18.9 Å². The monoisotopic (exact) mass is 487 g/mol. The van der Waals surface area contributed by atoms with E-state index in [4.69, 9.17) is 13.6 Å². The highest BCUT2D eigenvalue weighted by molar-refractivity contribution is 5.90. The number of hydrogen-bond donors (Lipinski definition) is 1. The molecule has 2 unspecified atom stereocenters. The van der Waals surface area contributed by atoms with Gasteiger partial charge in [0.2, 0.25) is 16.9 Å². The van der Waals surface area contributed by atoms with Crippen molar-refractivity contribution >= 4 is 17.1 Å². The number of rotatable bonds is 5. The molecule has 188 valence electrons. The molecule has 36 heavy (non-hydrogen) atoms. The van der Waals surface area contributed by atoms with Gasteiger partial charge in [-0.05, 0) is 82.1 Å². The Morgan fingerprint density at radius 2 is 1.86 bits per heavy atom. The molecule has 0 radical (unpaired) electrons. The molecule has 1 amide bonds. The third-order valence-electron chi connectivity index (χ3n) is 8.41. The van der Waals surface area contributed by atoms with E-state index >= 15 is 0 Å². The number of hydrogen-bond acceptors (Lipinski definition) is 5. The van der Waals surface area contributed by atoms with Gasteiger partial charge in [0, 0.05) is 23.6 Å². The van der Waals surface area contributed by atoms with E-state index in [0.29, 0.717) is 34.5 Å². The number of furan rings is 1. The summed E-state index contributed by atoms with van der Waals surface area (Å²) in [6.07, 6.45) is 9.84. The predicted octanol–water partition coefficient (Wildman–Crippen LogP) is 6.09. The first-order valence-electron chi connectivity index (χ1n) is 13.2. The van der Waals surface area contributed by atoms with Crippen molar-refractivity contribution in [3.63, 3.8) is 0 Å². The Balaban J connectivity index is 1.33. The van der Waals surface area contributed by atoms with Gasteiger partial charge in [-0.1, -0.05) is 17.6 Å². The number of allylic oxidation sites excluding steroid dienone is 1. The van der Waals surface area contributed by atoms with Crippen LogP contribution < -0.4 is 15.5 Å².